The third-order valence-electron chi connectivity index (χ3n) is 3.86. The van der Waals surface area contributed by atoms with Gasteiger partial charge in [-0.25, -0.2) is 0 Å². The molecular weight excluding hydrogens is 236 g/mol. The lowest BCUT2D eigenvalue weighted by Crippen LogP contribution is -2.46. The van der Waals surface area contributed by atoms with Gasteiger partial charge in [-0.1, -0.05) is 19.3 Å². The van der Waals surface area contributed by atoms with Gasteiger partial charge in [0.25, 0.3) is 0 Å². The lowest BCUT2D eigenvalue weighted by atomic mass is 9.87. The van der Waals surface area contributed by atoms with Crippen LogP contribution in [-0.2, 0) is 4.79 Å². The van der Waals surface area contributed by atoms with Gasteiger partial charge in [-0.2, -0.15) is 0 Å². The van der Waals surface area contributed by atoms with Crippen LogP contribution in [0.2, 0.25) is 0 Å². The molecule has 1 saturated heterocycles. The summed E-state index contributed by atoms with van der Waals surface area (Å²) in [6.45, 7) is 2.06. The Morgan fingerprint density at radius 1 is 1.12 bits per heavy atom. The molecule has 0 aromatic rings. The third-order valence-corrected chi connectivity index (χ3v) is 3.86. The quantitative estimate of drug-likeness (QED) is 0.817. The van der Waals surface area contributed by atoms with Crippen LogP contribution in [0.5, 0.6) is 0 Å². The summed E-state index contributed by atoms with van der Waals surface area (Å²) < 4.78 is 0. The lowest BCUT2D eigenvalue weighted by molar-refractivity contribution is -0.123. The molecule has 1 atom stereocenters. The summed E-state index contributed by atoms with van der Waals surface area (Å²) in [5.41, 5.74) is 0. The first-order valence-electron chi connectivity index (χ1n) is 6.84. The van der Waals surface area contributed by atoms with Gasteiger partial charge in [0.15, 0.2) is 0 Å². The van der Waals surface area contributed by atoms with Crippen molar-refractivity contribution < 1.29 is 4.79 Å². The number of amides is 1. The van der Waals surface area contributed by atoms with Gasteiger partial charge in [-0.15, -0.1) is 12.4 Å². The highest BCUT2D eigenvalue weighted by Crippen LogP contribution is 2.26. The van der Waals surface area contributed by atoms with Crippen LogP contribution in [0.1, 0.15) is 51.4 Å². The minimum atomic E-state index is 0. The van der Waals surface area contributed by atoms with Crippen molar-refractivity contribution in [3.8, 4) is 0 Å². The van der Waals surface area contributed by atoms with Crippen molar-refractivity contribution in [1.29, 1.82) is 0 Å². The highest BCUT2D eigenvalue weighted by Gasteiger charge is 2.20. The van der Waals surface area contributed by atoms with Crippen molar-refractivity contribution in [2.45, 2.75) is 57.4 Å². The molecule has 2 N–H and O–H groups in total. The molecule has 17 heavy (non-hydrogen) atoms. The van der Waals surface area contributed by atoms with E-state index in [1.807, 2.05) is 0 Å². The van der Waals surface area contributed by atoms with Gasteiger partial charge >= 0.3 is 0 Å². The van der Waals surface area contributed by atoms with E-state index in [0.29, 0.717) is 12.0 Å². The van der Waals surface area contributed by atoms with E-state index in [4.69, 9.17) is 0 Å². The van der Waals surface area contributed by atoms with Crippen LogP contribution in [0.4, 0.5) is 0 Å². The first kappa shape index (κ1) is 14.8. The van der Waals surface area contributed by atoms with Gasteiger partial charge < -0.3 is 10.6 Å². The number of hydrogen-bond acceptors (Lipinski definition) is 2. The van der Waals surface area contributed by atoms with E-state index in [2.05, 4.69) is 10.6 Å². The Morgan fingerprint density at radius 2 is 1.88 bits per heavy atom. The predicted molar refractivity (Wildman–Crippen MR) is 72.5 cm³/mol. The van der Waals surface area contributed by atoms with Crippen molar-refractivity contribution in [3.05, 3.63) is 0 Å². The third kappa shape index (κ3) is 5.26. The highest BCUT2D eigenvalue weighted by molar-refractivity contribution is 5.85. The van der Waals surface area contributed by atoms with Crippen molar-refractivity contribution in [2.24, 2.45) is 5.92 Å². The standard InChI is InChI=1S/C13H24N2O.ClH/c16-13(9-11-5-2-1-3-6-11)15-12-7-4-8-14-10-12;/h11-12,14H,1-10H2,(H,15,16);1H. The molecule has 4 heteroatoms. The topological polar surface area (TPSA) is 41.1 Å². The molecule has 0 bridgehead atoms. The fourth-order valence-corrected chi connectivity index (χ4v) is 2.92. The van der Waals surface area contributed by atoms with Gasteiger partial charge in [0, 0.05) is 19.0 Å². The minimum Gasteiger partial charge on any atom is -0.352 e. The second-order valence-electron chi connectivity index (χ2n) is 5.32. The molecule has 1 aliphatic heterocycles. The number of carbonyl (C=O) groups excluding carboxylic acids is 1. The molecule has 2 fully saturated rings. The monoisotopic (exact) mass is 260 g/mol. The van der Waals surface area contributed by atoms with Crippen molar-refractivity contribution in [2.75, 3.05) is 13.1 Å². The van der Waals surface area contributed by atoms with E-state index < -0.39 is 0 Å². The van der Waals surface area contributed by atoms with E-state index in [-0.39, 0.29) is 18.3 Å². The van der Waals surface area contributed by atoms with E-state index >= 15 is 0 Å². The lowest BCUT2D eigenvalue weighted by Gasteiger charge is -2.26. The van der Waals surface area contributed by atoms with Crippen molar-refractivity contribution >= 4 is 18.3 Å². The maximum atomic E-state index is 11.8. The van der Waals surface area contributed by atoms with Crippen LogP contribution in [0.25, 0.3) is 0 Å². The molecule has 0 aromatic carbocycles. The number of rotatable bonds is 3. The second kappa shape index (κ2) is 7.93. The molecule has 100 valence electrons. The van der Waals surface area contributed by atoms with E-state index in [9.17, 15) is 4.79 Å². The second-order valence-corrected chi connectivity index (χ2v) is 5.32. The summed E-state index contributed by atoms with van der Waals surface area (Å²) >= 11 is 0. The Hall–Kier alpha value is -0.280. The van der Waals surface area contributed by atoms with Gasteiger partial charge in [-0.3, -0.25) is 4.79 Å². The van der Waals surface area contributed by atoms with Crippen LogP contribution >= 0.6 is 12.4 Å². The maximum absolute atomic E-state index is 11.8. The van der Waals surface area contributed by atoms with Crippen LogP contribution in [-0.4, -0.2) is 25.0 Å². The zero-order valence-corrected chi connectivity index (χ0v) is 11.4. The van der Waals surface area contributed by atoms with Crippen LogP contribution in [0.3, 0.4) is 0 Å². The average Bonchev–Trinajstić information content (AvgIpc) is 2.31. The number of hydrogen-bond donors (Lipinski definition) is 2. The zero-order chi connectivity index (χ0) is 11.2. The molecule has 0 radical (unpaired) electrons. The molecule has 0 aromatic heterocycles. The summed E-state index contributed by atoms with van der Waals surface area (Å²) in [4.78, 5) is 11.8. The summed E-state index contributed by atoms with van der Waals surface area (Å²) in [5, 5.41) is 6.49. The highest BCUT2D eigenvalue weighted by atomic mass is 35.5. The molecule has 1 unspecified atom stereocenters. The normalized spacial score (nSPS) is 26.0. The smallest absolute Gasteiger partial charge is 0.220 e. The molecule has 1 saturated carbocycles. The Morgan fingerprint density at radius 3 is 2.53 bits per heavy atom. The Balaban J connectivity index is 0.00000144. The van der Waals surface area contributed by atoms with Gasteiger partial charge in [-0.05, 0) is 38.1 Å². The van der Waals surface area contributed by atoms with Gasteiger partial charge in [0.2, 0.25) is 5.91 Å². The molecule has 1 aliphatic carbocycles. The minimum absolute atomic E-state index is 0. The Bertz CT molecular complexity index is 201. The molecule has 3 nitrogen and oxygen atoms in total. The fourth-order valence-electron chi connectivity index (χ4n) is 2.92. The largest absolute Gasteiger partial charge is 0.352 e. The number of piperidine rings is 1. The maximum Gasteiger partial charge on any atom is 0.220 e. The summed E-state index contributed by atoms with van der Waals surface area (Å²) in [5.74, 6) is 0.936. The Labute approximate surface area is 111 Å². The SMILES string of the molecule is Cl.O=C(CC1CCCCC1)NC1CCCNC1. The zero-order valence-electron chi connectivity index (χ0n) is 10.5. The van der Waals surface area contributed by atoms with Crippen LogP contribution in [0, 0.1) is 5.92 Å². The predicted octanol–water partition coefficient (Wildman–Crippen LogP) is 2.25. The molecule has 2 aliphatic rings. The summed E-state index contributed by atoms with van der Waals surface area (Å²) in [6, 6.07) is 0.379. The fraction of sp³-hybridized carbons (Fsp3) is 0.923. The Kier molecular flexibility index (Phi) is 6.90. The van der Waals surface area contributed by atoms with Crippen molar-refractivity contribution in [3.63, 3.8) is 0 Å². The molecular formula is C13H25ClN2O. The molecule has 2 rings (SSSR count). The summed E-state index contributed by atoms with van der Waals surface area (Å²) in [6.07, 6.45) is 9.62. The van der Waals surface area contributed by atoms with E-state index in [1.165, 1.54) is 38.5 Å². The number of halogens is 1. The number of carbonyl (C=O) groups is 1. The van der Waals surface area contributed by atoms with E-state index in [0.717, 1.165) is 25.9 Å². The number of nitrogens with one attached hydrogen (secondary N) is 2. The van der Waals surface area contributed by atoms with Crippen LogP contribution < -0.4 is 10.6 Å². The molecule has 1 amide bonds. The van der Waals surface area contributed by atoms with Gasteiger partial charge in [0.05, 0.1) is 0 Å². The first-order chi connectivity index (χ1) is 7.84. The summed E-state index contributed by atoms with van der Waals surface area (Å²) in [7, 11) is 0. The van der Waals surface area contributed by atoms with Crippen molar-refractivity contribution in [1.82, 2.24) is 10.6 Å². The first-order valence-corrected chi connectivity index (χ1v) is 6.84. The molecule has 1 heterocycles. The average molecular weight is 261 g/mol. The molecule has 0 spiro atoms. The van der Waals surface area contributed by atoms with Crippen LogP contribution in [0.15, 0.2) is 0 Å². The van der Waals surface area contributed by atoms with Gasteiger partial charge in [0.1, 0.15) is 0 Å². The van der Waals surface area contributed by atoms with E-state index in [1.54, 1.807) is 0 Å².